The van der Waals surface area contributed by atoms with Crippen molar-refractivity contribution in [2.45, 2.75) is 45.4 Å². The van der Waals surface area contributed by atoms with Crippen LogP contribution >= 0.6 is 0 Å². The summed E-state index contributed by atoms with van der Waals surface area (Å²) in [5.74, 6) is -0.0717. The SMILES string of the molecule is CCCC(=NOCC)C1=C(O)CC(c2ccccn2)CC1=O. The zero-order valence-electron chi connectivity index (χ0n) is 13.1. The van der Waals surface area contributed by atoms with Crippen molar-refractivity contribution < 1.29 is 14.7 Å². The molecular formula is C17H22N2O3. The minimum Gasteiger partial charge on any atom is -0.511 e. The molecule has 0 aliphatic heterocycles. The standard InChI is InChI=1S/C17H22N2O3/c1-3-7-14(19-22-4-2)17-15(20)10-12(11-16(17)21)13-8-5-6-9-18-13/h5-6,8-9,12,20H,3-4,7,10-11H2,1-2H3. The van der Waals surface area contributed by atoms with Crippen molar-refractivity contribution in [3.8, 4) is 0 Å². The van der Waals surface area contributed by atoms with Gasteiger partial charge in [0.2, 0.25) is 0 Å². The topological polar surface area (TPSA) is 71.8 Å². The number of hydrogen-bond acceptors (Lipinski definition) is 5. The van der Waals surface area contributed by atoms with E-state index in [1.54, 1.807) is 6.20 Å². The fraction of sp³-hybridized carbons (Fsp3) is 0.471. The molecule has 5 nitrogen and oxygen atoms in total. The van der Waals surface area contributed by atoms with Crippen molar-refractivity contribution in [2.24, 2.45) is 5.16 Å². The highest BCUT2D eigenvalue weighted by Gasteiger charge is 2.31. The highest BCUT2D eigenvalue weighted by molar-refractivity contribution is 6.23. The first-order valence-electron chi connectivity index (χ1n) is 7.72. The van der Waals surface area contributed by atoms with Crippen molar-refractivity contribution in [3.63, 3.8) is 0 Å². The molecule has 1 heterocycles. The molecule has 1 aliphatic rings. The number of rotatable bonds is 6. The van der Waals surface area contributed by atoms with Crippen molar-refractivity contribution in [1.29, 1.82) is 0 Å². The molecule has 22 heavy (non-hydrogen) atoms. The summed E-state index contributed by atoms with van der Waals surface area (Å²) in [5.41, 5.74) is 1.72. The van der Waals surface area contributed by atoms with Gasteiger partial charge in [0.05, 0.1) is 11.3 Å². The average Bonchev–Trinajstić information content (AvgIpc) is 2.52. The molecule has 1 aliphatic carbocycles. The number of oxime groups is 1. The summed E-state index contributed by atoms with van der Waals surface area (Å²) in [4.78, 5) is 21.9. The molecule has 0 saturated heterocycles. The van der Waals surface area contributed by atoms with Gasteiger partial charge in [-0.2, -0.15) is 0 Å². The number of hydrogen-bond donors (Lipinski definition) is 1. The van der Waals surface area contributed by atoms with E-state index in [0.29, 0.717) is 37.2 Å². The molecule has 1 atom stereocenters. The highest BCUT2D eigenvalue weighted by Crippen LogP contribution is 2.33. The van der Waals surface area contributed by atoms with Gasteiger partial charge in [0.25, 0.3) is 0 Å². The van der Waals surface area contributed by atoms with Gasteiger partial charge in [-0.1, -0.05) is 24.6 Å². The van der Waals surface area contributed by atoms with Gasteiger partial charge >= 0.3 is 0 Å². The fourth-order valence-corrected chi connectivity index (χ4v) is 2.64. The Hall–Kier alpha value is -2.17. The molecule has 1 aromatic rings. The van der Waals surface area contributed by atoms with Gasteiger partial charge < -0.3 is 9.94 Å². The third-order valence-electron chi connectivity index (χ3n) is 3.62. The predicted octanol–water partition coefficient (Wildman–Crippen LogP) is 3.53. The molecule has 0 saturated carbocycles. The van der Waals surface area contributed by atoms with Crippen molar-refractivity contribution in [2.75, 3.05) is 6.61 Å². The number of aromatic nitrogens is 1. The van der Waals surface area contributed by atoms with Gasteiger partial charge in [0.15, 0.2) is 5.78 Å². The third kappa shape index (κ3) is 3.72. The van der Waals surface area contributed by atoms with E-state index in [4.69, 9.17) is 4.84 Å². The molecule has 5 heteroatoms. The summed E-state index contributed by atoms with van der Waals surface area (Å²) in [6.45, 7) is 4.27. The number of carbonyl (C=O) groups is 1. The Balaban J connectivity index is 2.27. The van der Waals surface area contributed by atoms with Gasteiger partial charge in [0.1, 0.15) is 12.4 Å². The van der Waals surface area contributed by atoms with Crippen molar-refractivity contribution in [1.82, 2.24) is 4.98 Å². The van der Waals surface area contributed by atoms with E-state index < -0.39 is 0 Å². The summed E-state index contributed by atoms with van der Waals surface area (Å²) < 4.78 is 0. The van der Waals surface area contributed by atoms with E-state index in [9.17, 15) is 9.90 Å². The summed E-state index contributed by atoms with van der Waals surface area (Å²) in [6, 6.07) is 5.61. The maximum atomic E-state index is 12.5. The van der Waals surface area contributed by atoms with Crippen molar-refractivity contribution in [3.05, 3.63) is 41.4 Å². The molecule has 2 rings (SSSR count). The van der Waals surface area contributed by atoms with E-state index in [1.165, 1.54) is 0 Å². The smallest absolute Gasteiger partial charge is 0.168 e. The maximum absolute atomic E-state index is 12.5. The zero-order valence-corrected chi connectivity index (χ0v) is 13.1. The molecule has 0 spiro atoms. The van der Waals surface area contributed by atoms with Crippen LogP contribution in [0, 0.1) is 0 Å². The van der Waals surface area contributed by atoms with Crippen LogP contribution in [0.4, 0.5) is 0 Å². The second kappa shape index (κ2) is 7.73. The van der Waals surface area contributed by atoms with E-state index in [-0.39, 0.29) is 17.5 Å². The summed E-state index contributed by atoms with van der Waals surface area (Å²) >= 11 is 0. The first-order chi connectivity index (χ1) is 10.7. The number of allylic oxidation sites excluding steroid dienone is 2. The minimum atomic E-state index is -0.0914. The second-order valence-electron chi connectivity index (χ2n) is 5.31. The Morgan fingerprint density at radius 2 is 2.23 bits per heavy atom. The van der Waals surface area contributed by atoms with Crippen LogP contribution in [0.5, 0.6) is 0 Å². The number of ketones is 1. The molecule has 118 valence electrons. The third-order valence-corrected chi connectivity index (χ3v) is 3.62. The molecular weight excluding hydrogens is 280 g/mol. The van der Waals surface area contributed by atoms with Gasteiger partial charge in [0, 0.05) is 30.7 Å². The molecule has 0 aromatic carbocycles. The fourth-order valence-electron chi connectivity index (χ4n) is 2.64. The van der Waals surface area contributed by atoms with Gasteiger partial charge in [-0.25, -0.2) is 0 Å². The van der Waals surface area contributed by atoms with E-state index in [1.807, 2.05) is 32.0 Å². The molecule has 1 aromatic heterocycles. The number of aliphatic hydroxyl groups excluding tert-OH is 1. The average molecular weight is 302 g/mol. The monoisotopic (exact) mass is 302 g/mol. The van der Waals surface area contributed by atoms with Crippen LogP contribution in [0.3, 0.4) is 0 Å². The predicted molar refractivity (Wildman–Crippen MR) is 84.8 cm³/mol. The largest absolute Gasteiger partial charge is 0.511 e. The molecule has 0 bridgehead atoms. The number of carbonyl (C=O) groups excluding carboxylic acids is 1. The molecule has 1 N–H and O–H groups in total. The van der Waals surface area contributed by atoms with Gasteiger partial charge in [-0.3, -0.25) is 9.78 Å². The van der Waals surface area contributed by atoms with Crippen LogP contribution in [-0.2, 0) is 9.63 Å². The quantitative estimate of drug-likeness (QED) is 0.644. The number of pyridine rings is 1. The Morgan fingerprint density at radius 1 is 1.41 bits per heavy atom. The van der Waals surface area contributed by atoms with E-state index in [0.717, 1.165) is 12.1 Å². The lowest BCUT2D eigenvalue weighted by Gasteiger charge is -2.23. The molecule has 1 unspecified atom stereocenters. The summed E-state index contributed by atoms with van der Waals surface area (Å²) in [6.07, 6.45) is 3.90. The Labute approximate surface area is 130 Å². The van der Waals surface area contributed by atoms with Crippen LogP contribution in [0.25, 0.3) is 0 Å². The molecule has 0 amide bonds. The number of aliphatic hydroxyl groups is 1. The number of Topliss-reactive ketones (excluding diaryl/α,β-unsaturated/α-hetero) is 1. The second-order valence-corrected chi connectivity index (χ2v) is 5.31. The lowest BCUT2D eigenvalue weighted by molar-refractivity contribution is -0.116. The van der Waals surface area contributed by atoms with E-state index >= 15 is 0 Å². The van der Waals surface area contributed by atoms with Crippen LogP contribution in [0.1, 0.15) is 51.1 Å². The lowest BCUT2D eigenvalue weighted by atomic mass is 9.82. The van der Waals surface area contributed by atoms with Crippen molar-refractivity contribution >= 4 is 11.5 Å². The maximum Gasteiger partial charge on any atom is 0.168 e. The highest BCUT2D eigenvalue weighted by atomic mass is 16.6. The van der Waals surface area contributed by atoms with Crippen LogP contribution < -0.4 is 0 Å². The van der Waals surface area contributed by atoms with Gasteiger partial charge in [-0.15, -0.1) is 0 Å². The van der Waals surface area contributed by atoms with Crippen LogP contribution in [0.15, 0.2) is 40.9 Å². The minimum absolute atomic E-state index is 0.0765. The van der Waals surface area contributed by atoms with Crippen LogP contribution in [0.2, 0.25) is 0 Å². The Bertz CT molecular complexity index is 579. The summed E-state index contributed by atoms with van der Waals surface area (Å²) in [7, 11) is 0. The first kappa shape index (κ1) is 16.2. The summed E-state index contributed by atoms with van der Waals surface area (Å²) in [5, 5.41) is 14.4. The lowest BCUT2D eigenvalue weighted by Crippen LogP contribution is -2.24. The normalized spacial score (nSPS) is 19.5. The number of nitrogens with zero attached hydrogens (tertiary/aromatic N) is 2. The molecule has 0 fully saturated rings. The van der Waals surface area contributed by atoms with E-state index in [2.05, 4.69) is 10.1 Å². The van der Waals surface area contributed by atoms with Gasteiger partial charge in [-0.05, 0) is 25.5 Å². The van der Waals surface area contributed by atoms with Crippen LogP contribution in [-0.4, -0.2) is 28.2 Å². The Morgan fingerprint density at radius 3 is 2.82 bits per heavy atom. The Kier molecular flexibility index (Phi) is 5.69. The first-order valence-corrected chi connectivity index (χ1v) is 7.72. The zero-order chi connectivity index (χ0) is 15.9. The molecule has 0 radical (unpaired) electrons.